The molecule has 0 aliphatic rings. The maximum Gasteiger partial charge on any atom is 0.472 e. The molecule has 18 heteroatoms. The van der Waals surface area contributed by atoms with Crippen LogP contribution in [0.4, 0.5) is 0 Å². The molecule has 0 aromatic carbocycles. The Morgan fingerprint density at radius 2 is 0.486 bits per heavy atom. The summed E-state index contributed by atoms with van der Waals surface area (Å²) in [6, 6.07) is 0. The van der Waals surface area contributed by atoms with Crippen molar-refractivity contribution < 1.29 is 75.8 Å². The van der Waals surface area contributed by atoms with Crippen LogP contribution in [0.3, 0.4) is 0 Å². The van der Waals surface area contributed by atoms with E-state index in [1.165, 1.54) is 109 Å². The lowest BCUT2D eigenvalue weighted by Gasteiger charge is -2.21. The van der Waals surface area contributed by atoms with Gasteiger partial charge >= 0.3 is 33.6 Å². The van der Waals surface area contributed by atoms with Gasteiger partial charge in [0.05, 0.1) is 26.4 Å². The van der Waals surface area contributed by atoms with Crippen molar-refractivity contribution in [3.63, 3.8) is 0 Å². The fraction of sp³-hybridized carbons (Fsp3) is 0.645. The number of phosphoric acid groups is 2. The molecule has 16 nitrogen and oxygen atoms in total. The molecule has 0 aromatic rings. The van der Waals surface area contributed by atoms with Crippen LogP contribution in [-0.4, -0.2) is 95.9 Å². The van der Waals surface area contributed by atoms with E-state index in [1.54, 1.807) is 0 Å². The van der Waals surface area contributed by atoms with Crippen LogP contribution in [0.15, 0.2) is 182 Å². The smallest absolute Gasteiger partial charge is 0.463 e. The minimum atomic E-state index is -4.96. The Kier molecular flexibility index (Phi) is 80.0. The summed E-state index contributed by atoms with van der Waals surface area (Å²) in [6.07, 6.45) is 110. The minimum absolute atomic E-state index is 0.0183. The van der Waals surface area contributed by atoms with Crippen molar-refractivity contribution in [3.05, 3.63) is 182 Å². The van der Waals surface area contributed by atoms with Crippen molar-refractivity contribution in [2.75, 3.05) is 39.6 Å². The van der Waals surface area contributed by atoms with E-state index < -0.39 is 91.5 Å². The predicted octanol–water partition coefficient (Wildman–Crippen LogP) is 26.1. The molecule has 111 heavy (non-hydrogen) atoms. The lowest BCUT2D eigenvalue weighted by atomic mass is 10.0. The van der Waals surface area contributed by atoms with Crippen LogP contribution in [0.1, 0.15) is 329 Å². The Balaban J connectivity index is 4.52. The Morgan fingerprint density at radius 3 is 0.784 bits per heavy atom. The number of hydrogen-bond acceptors (Lipinski definition) is 14. The van der Waals surface area contributed by atoms with E-state index in [-0.39, 0.29) is 19.3 Å². The Morgan fingerprint density at radius 1 is 0.261 bits per heavy atom. The van der Waals surface area contributed by atoms with Gasteiger partial charge in [-0.3, -0.25) is 32.5 Å². The molecule has 0 bridgehead atoms. The Bertz CT molecular complexity index is 2750. The SMILES string of the molecule is CC/C=C\C/C=C\C/C=C\C/C=C\C/C=C\C/C=C\CCCCCCCCCCCCCCCCCCC(=O)OCC(O)COP(=O)(O)OCC(O)COP(=O)(O)OCC(COC(=O)CCCCCCCCC/C=C\C/C=C\C/C=C\C/C=C\CCCCC)OC(=O)CCC/C=C\C/C=C\C/C=C\C/C=C\C/C=C\CC. The van der Waals surface area contributed by atoms with Crippen molar-refractivity contribution in [2.24, 2.45) is 0 Å². The molecule has 0 fully saturated rings. The van der Waals surface area contributed by atoms with Gasteiger partial charge in [-0.05, 0) is 154 Å². The van der Waals surface area contributed by atoms with Crippen molar-refractivity contribution in [1.82, 2.24) is 0 Å². The van der Waals surface area contributed by atoms with Crippen molar-refractivity contribution in [2.45, 2.75) is 347 Å². The van der Waals surface area contributed by atoms with Gasteiger partial charge in [-0.2, -0.15) is 0 Å². The number of hydrogen-bond donors (Lipinski definition) is 4. The number of carbonyl (C=O) groups excluding carboxylic acids is 3. The van der Waals surface area contributed by atoms with Gasteiger partial charge in [0.2, 0.25) is 0 Å². The van der Waals surface area contributed by atoms with Crippen LogP contribution in [0.25, 0.3) is 0 Å². The third-order valence-electron chi connectivity index (χ3n) is 17.6. The van der Waals surface area contributed by atoms with Crippen molar-refractivity contribution >= 4 is 33.6 Å². The highest BCUT2D eigenvalue weighted by Gasteiger charge is 2.29. The summed E-state index contributed by atoms with van der Waals surface area (Å²) in [5, 5.41) is 20.7. The number of esters is 3. The highest BCUT2D eigenvalue weighted by Crippen LogP contribution is 2.45. The summed E-state index contributed by atoms with van der Waals surface area (Å²) in [5.41, 5.74) is 0. The molecule has 0 saturated carbocycles. The van der Waals surface area contributed by atoms with Gasteiger partial charge in [0.15, 0.2) is 6.10 Å². The van der Waals surface area contributed by atoms with Crippen molar-refractivity contribution in [1.29, 1.82) is 0 Å². The van der Waals surface area contributed by atoms with Crippen molar-refractivity contribution in [3.8, 4) is 0 Å². The summed E-state index contributed by atoms with van der Waals surface area (Å²) in [5.74, 6) is -1.66. The summed E-state index contributed by atoms with van der Waals surface area (Å²) in [6.45, 7) is 2.35. The van der Waals surface area contributed by atoms with Crippen LogP contribution in [0.5, 0.6) is 0 Å². The Labute approximate surface area is 675 Å². The third kappa shape index (κ3) is 85.4. The first-order valence-corrected chi connectivity index (χ1v) is 46.1. The topological polar surface area (TPSA) is 231 Å². The number of phosphoric ester groups is 2. The second-order valence-electron chi connectivity index (χ2n) is 28.2. The molecule has 5 unspecified atom stereocenters. The van der Waals surface area contributed by atoms with E-state index in [0.29, 0.717) is 25.7 Å². The number of unbranched alkanes of at least 4 members (excludes halogenated alkanes) is 27. The minimum Gasteiger partial charge on any atom is -0.463 e. The van der Waals surface area contributed by atoms with Crippen LogP contribution >= 0.6 is 15.6 Å². The molecule has 4 N–H and O–H groups in total. The normalized spacial score (nSPS) is 14.8. The van der Waals surface area contributed by atoms with E-state index in [4.69, 9.17) is 32.3 Å². The van der Waals surface area contributed by atoms with Crippen LogP contribution in [0, 0.1) is 0 Å². The van der Waals surface area contributed by atoms with Gasteiger partial charge in [-0.25, -0.2) is 9.13 Å². The van der Waals surface area contributed by atoms with Gasteiger partial charge in [0.25, 0.3) is 0 Å². The molecular formula is C93H154O16P2. The van der Waals surface area contributed by atoms with E-state index in [9.17, 15) is 43.5 Å². The Hall–Kier alpha value is -5.35. The predicted molar refractivity (Wildman–Crippen MR) is 463 cm³/mol. The van der Waals surface area contributed by atoms with Gasteiger partial charge in [0, 0.05) is 19.3 Å². The van der Waals surface area contributed by atoms with Gasteiger partial charge in [-0.1, -0.05) is 338 Å². The van der Waals surface area contributed by atoms with E-state index in [2.05, 4.69) is 191 Å². The fourth-order valence-electron chi connectivity index (χ4n) is 11.1. The van der Waals surface area contributed by atoms with Gasteiger partial charge in [-0.15, -0.1) is 0 Å². The molecule has 0 radical (unpaired) electrons. The lowest BCUT2D eigenvalue weighted by molar-refractivity contribution is -0.161. The fourth-order valence-corrected chi connectivity index (χ4v) is 12.7. The largest absolute Gasteiger partial charge is 0.472 e. The summed E-state index contributed by atoms with van der Waals surface area (Å²) in [4.78, 5) is 58.8. The molecule has 0 amide bonds. The molecule has 0 heterocycles. The van der Waals surface area contributed by atoms with Crippen LogP contribution in [-0.2, 0) is 55.8 Å². The summed E-state index contributed by atoms with van der Waals surface area (Å²) < 4.78 is 61.2. The molecule has 0 aliphatic carbocycles. The first-order valence-electron chi connectivity index (χ1n) is 43.1. The summed E-state index contributed by atoms with van der Waals surface area (Å²) >= 11 is 0. The highest BCUT2D eigenvalue weighted by molar-refractivity contribution is 7.47. The van der Waals surface area contributed by atoms with Crippen LogP contribution in [0.2, 0.25) is 0 Å². The maximum atomic E-state index is 13.0. The standard InChI is InChI=1S/C93H154O16P2/c1-4-7-10-13-16-19-22-25-28-31-33-35-37-38-39-40-41-42-43-44-45-46-47-48-50-52-53-56-58-61-64-67-70-73-76-79-91(96)103-82-88(94)83-105-110(99,100)106-84-89(95)85-107-111(101,102)108-87-90(109-93(98)81-78-75-72-69-66-63-60-55-30-27-24-21-18-15-12-9-6-3)86-104-92(97)80-77-74-71-68-65-62-59-57-54-51-49-36-34-32-29-26-23-20-17-14-11-8-5-2/h7,9-10,12,16-21,25-30,33-36,38-39,41-42,51,54,60,63,69,72,88-90,94-95H,4-6,8,11,13-15,22-24,31-32,37,40,43-50,52-53,55-59,61-62,64-68,70-71,73-87H2,1-3H3,(H,99,100)(H,101,102)/b10-7-,12-9-,19-16-,20-17-,21-18-,28-25-,29-26-,30-27-,35-33-,36-34-,39-38-,42-41-,54-51-,63-60-,72-69-. The van der Waals surface area contributed by atoms with Gasteiger partial charge in [0.1, 0.15) is 25.4 Å². The van der Waals surface area contributed by atoms with E-state index >= 15 is 0 Å². The zero-order valence-electron chi connectivity index (χ0n) is 69.3. The molecular weight excluding hydrogens is 1430 g/mol. The first-order chi connectivity index (χ1) is 54.2. The maximum absolute atomic E-state index is 13.0. The highest BCUT2D eigenvalue weighted by atomic mass is 31.2. The molecule has 5 atom stereocenters. The monoisotopic (exact) mass is 1590 g/mol. The molecule has 0 spiro atoms. The molecule has 0 aromatic heterocycles. The molecule has 632 valence electrons. The average molecular weight is 1590 g/mol. The lowest BCUT2D eigenvalue weighted by Crippen LogP contribution is -2.30. The quantitative estimate of drug-likeness (QED) is 0.0146. The van der Waals surface area contributed by atoms with Gasteiger partial charge < -0.3 is 34.2 Å². The number of allylic oxidation sites excluding steroid dienone is 30. The second-order valence-corrected chi connectivity index (χ2v) is 31.1. The average Bonchev–Trinajstić information content (AvgIpc) is 0.901. The zero-order valence-corrected chi connectivity index (χ0v) is 71.1. The number of carbonyl (C=O) groups is 3. The number of aliphatic hydroxyl groups is 2. The second kappa shape index (κ2) is 84.1. The number of ether oxygens (including phenoxy) is 3. The molecule has 0 rings (SSSR count). The van der Waals surface area contributed by atoms with E-state index in [0.717, 1.165) is 154 Å². The number of aliphatic hydroxyl groups excluding tert-OH is 2. The molecule has 0 aliphatic heterocycles. The first kappa shape index (κ1) is 106. The molecule has 0 saturated heterocycles. The summed E-state index contributed by atoms with van der Waals surface area (Å²) in [7, 11) is -9.83. The zero-order chi connectivity index (χ0) is 80.8. The van der Waals surface area contributed by atoms with Crippen LogP contribution < -0.4 is 0 Å². The number of rotatable bonds is 80. The third-order valence-corrected chi connectivity index (χ3v) is 19.5. The van der Waals surface area contributed by atoms with E-state index in [1.807, 2.05) is 12.2 Å².